The molecule has 0 N–H and O–H groups in total. The molecule has 0 amide bonds. The Balaban J connectivity index is 0.00000162. The zero-order valence-electron chi connectivity index (χ0n) is 11.7. The topological polar surface area (TPSA) is 39.4 Å². The molecular weight excluding hydrogens is 240 g/mol. The van der Waals surface area contributed by atoms with E-state index >= 15 is 0 Å². The summed E-state index contributed by atoms with van der Waals surface area (Å²) in [4.78, 5) is 11.3. The van der Waals surface area contributed by atoms with Crippen LogP contribution >= 0.6 is 0 Å². The summed E-state index contributed by atoms with van der Waals surface area (Å²) in [7, 11) is 1.39. The quantitative estimate of drug-likeness (QED) is 0.743. The average Bonchev–Trinajstić information content (AvgIpc) is 2.77. The molecule has 0 spiro atoms. The third-order valence-electron chi connectivity index (χ3n) is 3.33. The number of carbonyl (C=O) groups excluding carboxylic acids is 1. The van der Waals surface area contributed by atoms with Gasteiger partial charge in [-0.05, 0) is 18.9 Å². The largest absolute Gasteiger partial charge is 0.468 e. The summed E-state index contributed by atoms with van der Waals surface area (Å²) in [6.45, 7) is 0. The smallest absolute Gasteiger partial charge is 0.341 e. The highest BCUT2D eigenvalue weighted by Crippen LogP contribution is 2.31. The van der Waals surface area contributed by atoms with Gasteiger partial charge < -0.3 is 9.15 Å². The van der Waals surface area contributed by atoms with E-state index in [0.29, 0.717) is 5.56 Å². The van der Waals surface area contributed by atoms with Gasteiger partial charge in [-0.1, -0.05) is 47.0 Å². The van der Waals surface area contributed by atoms with Gasteiger partial charge in [0.1, 0.15) is 12.0 Å². The van der Waals surface area contributed by atoms with E-state index in [-0.39, 0.29) is 20.8 Å². The third-order valence-corrected chi connectivity index (χ3v) is 3.33. The van der Waals surface area contributed by atoms with E-state index in [2.05, 4.69) is 4.74 Å². The van der Waals surface area contributed by atoms with E-state index in [1.165, 1.54) is 51.4 Å². The molecule has 1 aromatic rings. The molecule has 0 unspecified atom stereocenters. The molecule has 1 heterocycles. The Morgan fingerprint density at radius 1 is 1.11 bits per heavy atom. The maximum absolute atomic E-state index is 11.3. The van der Waals surface area contributed by atoms with Crippen molar-refractivity contribution >= 4 is 5.97 Å². The molecule has 105 valence electrons. The van der Waals surface area contributed by atoms with Gasteiger partial charge in [0, 0.05) is 5.92 Å². The molecule has 0 aliphatic heterocycles. The second-order valence-corrected chi connectivity index (χ2v) is 4.56. The Morgan fingerprint density at radius 3 is 2.26 bits per heavy atom. The Morgan fingerprint density at radius 2 is 1.68 bits per heavy atom. The summed E-state index contributed by atoms with van der Waals surface area (Å²) in [6, 6.07) is 1.81. The van der Waals surface area contributed by atoms with E-state index in [1.807, 2.05) is 6.07 Å². The van der Waals surface area contributed by atoms with Crippen LogP contribution in [0.1, 0.15) is 61.1 Å². The highest BCUT2D eigenvalue weighted by Gasteiger charge is 2.19. The SMILES string of the molecule is COC(=O)c1coc([C]2CCCCCCC2)c1.[CH2].[CH2]. The fourth-order valence-electron chi connectivity index (χ4n) is 2.33. The minimum absolute atomic E-state index is 0. The van der Waals surface area contributed by atoms with Crippen molar-refractivity contribution in [2.75, 3.05) is 7.11 Å². The van der Waals surface area contributed by atoms with Crippen LogP contribution in [0.3, 0.4) is 0 Å². The fourth-order valence-corrected chi connectivity index (χ4v) is 2.33. The van der Waals surface area contributed by atoms with E-state index in [1.54, 1.807) is 0 Å². The van der Waals surface area contributed by atoms with Crippen LogP contribution in [0.15, 0.2) is 16.7 Å². The first-order valence-electron chi connectivity index (χ1n) is 6.33. The number of furan rings is 1. The summed E-state index contributed by atoms with van der Waals surface area (Å²) in [5, 5.41) is 0. The number of rotatable bonds is 2. The molecule has 1 saturated carbocycles. The Bertz CT molecular complexity index is 360. The van der Waals surface area contributed by atoms with Crippen LogP contribution in [0, 0.1) is 20.8 Å². The highest BCUT2D eigenvalue weighted by atomic mass is 16.5. The molecule has 0 aromatic carbocycles. The van der Waals surface area contributed by atoms with Gasteiger partial charge in [0.25, 0.3) is 0 Å². The molecule has 0 saturated heterocycles. The predicted octanol–water partition coefficient (Wildman–Crippen LogP) is 4.39. The Labute approximate surface area is 117 Å². The molecule has 1 aliphatic rings. The first-order chi connectivity index (χ1) is 8.31. The van der Waals surface area contributed by atoms with Crippen molar-refractivity contribution in [3.63, 3.8) is 0 Å². The third kappa shape index (κ3) is 4.73. The van der Waals surface area contributed by atoms with Gasteiger partial charge in [-0.2, -0.15) is 0 Å². The first kappa shape index (κ1) is 17.8. The van der Waals surface area contributed by atoms with Gasteiger partial charge in [-0.25, -0.2) is 4.79 Å². The highest BCUT2D eigenvalue weighted by molar-refractivity contribution is 5.89. The van der Waals surface area contributed by atoms with Crippen molar-refractivity contribution in [1.29, 1.82) is 0 Å². The van der Waals surface area contributed by atoms with Gasteiger partial charge in [-0.3, -0.25) is 0 Å². The van der Waals surface area contributed by atoms with Crippen molar-refractivity contribution in [1.82, 2.24) is 0 Å². The fraction of sp³-hybridized carbons (Fsp3) is 0.500. The maximum atomic E-state index is 11.3. The normalized spacial score (nSPS) is 16.5. The molecule has 3 nitrogen and oxygen atoms in total. The summed E-state index contributed by atoms with van der Waals surface area (Å²) in [5.74, 6) is 1.89. The molecule has 1 aliphatic carbocycles. The number of hydrogen-bond donors (Lipinski definition) is 0. The molecule has 19 heavy (non-hydrogen) atoms. The van der Waals surface area contributed by atoms with E-state index in [0.717, 1.165) is 18.6 Å². The van der Waals surface area contributed by atoms with Crippen LogP contribution in [0.4, 0.5) is 0 Å². The minimum Gasteiger partial charge on any atom is -0.468 e. The zero-order valence-corrected chi connectivity index (χ0v) is 11.7. The lowest BCUT2D eigenvalue weighted by Crippen LogP contribution is -2.03. The lowest BCUT2D eigenvalue weighted by Gasteiger charge is -2.16. The van der Waals surface area contributed by atoms with Gasteiger partial charge in [0.2, 0.25) is 0 Å². The zero-order chi connectivity index (χ0) is 12.1. The van der Waals surface area contributed by atoms with Crippen molar-refractivity contribution in [3.8, 4) is 0 Å². The lowest BCUT2D eigenvalue weighted by atomic mass is 9.89. The first-order valence-corrected chi connectivity index (χ1v) is 6.33. The molecule has 0 atom stereocenters. The minimum atomic E-state index is -0.327. The summed E-state index contributed by atoms with van der Waals surface area (Å²) in [6.07, 6.45) is 10.1. The van der Waals surface area contributed by atoms with Gasteiger partial charge in [0.05, 0.1) is 12.7 Å². The summed E-state index contributed by atoms with van der Waals surface area (Å²) >= 11 is 0. The Hall–Kier alpha value is -1.25. The van der Waals surface area contributed by atoms with Crippen molar-refractivity contribution < 1.29 is 13.9 Å². The molecule has 1 aromatic heterocycles. The van der Waals surface area contributed by atoms with Gasteiger partial charge in [0.15, 0.2) is 0 Å². The van der Waals surface area contributed by atoms with Crippen molar-refractivity contribution in [2.45, 2.75) is 44.9 Å². The van der Waals surface area contributed by atoms with Crippen LogP contribution < -0.4 is 0 Å². The van der Waals surface area contributed by atoms with Crippen LogP contribution in [0.5, 0.6) is 0 Å². The predicted molar refractivity (Wildman–Crippen MR) is 75.4 cm³/mol. The number of esters is 1. The van der Waals surface area contributed by atoms with Crippen molar-refractivity contribution in [2.24, 2.45) is 0 Å². The second-order valence-electron chi connectivity index (χ2n) is 4.56. The number of ether oxygens (including phenoxy) is 1. The molecule has 2 rings (SSSR count). The average molecular weight is 263 g/mol. The lowest BCUT2D eigenvalue weighted by molar-refractivity contribution is 0.0600. The molecule has 5 radical (unpaired) electrons. The van der Waals surface area contributed by atoms with Crippen LogP contribution in [0.2, 0.25) is 0 Å². The molecular formula is C16H23O3. The number of methoxy groups -OCH3 is 1. The maximum Gasteiger partial charge on any atom is 0.341 e. The van der Waals surface area contributed by atoms with Gasteiger partial charge in [-0.15, -0.1) is 0 Å². The molecule has 1 fully saturated rings. The second kappa shape index (κ2) is 8.78. The van der Waals surface area contributed by atoms with E-state index in [4.69, 9.17) is 4.42 Å². The monoisotopic (exact) mass is 263 g/mol. The van der Waals surface area contributed by atoms with Crippen LogP contribution in [-0.2, 0) is 4.74 Å². The van der Waals surface area contributed by atoms with Gasteiger partial charge >= 0.3 is 5.97 Å². The van der Waals surface area contributed by atoms with E-state index in [9.17, 15) is 4.79 Å². The summed E-state index contributed by atoms with van der Waals surface area (Å²) < 4.78 is 10.2. The molecule has 0 bridgehead atoms. The van der Waals surface area contributed by atoms with Crippen molar-refractivity contribution in [3.05, 3.63) is 44.4 Å². The standard InChI is InChI=1S/C14H19O3.2CH2/c1-16-14(15)12-9-13(17-10-12)11-7-5-3-2-4-6-8-11;;/h9-10H,2-8H2,1H3;2*1H2. The van der Waals surface area contributed by atoms with E-state index < -0.39 is 0 Å². The Kier molecular flexibility index (Phi) is 8.21. The summed E-state index contributed by atoms with van der Waals surface area (Å²) in [5.41, 5.74) is 0.511. The number of carbonyl (C=O) groups is 1. The van der Waals surface area contributed by atoms with Crippen LogP contribution in [-0.4, -0.2) is 13.1 Å². The molecule has 3 heteroatoms. The van der Waals surface area contributed by atoms with Crippen LogP contribution in [0.25, 0.3) is 0 Å². The number of hydrogen-bond acceptors (Lipinski definition) is 3.